The van der Waals surface area contributed by atoms with Crippen molar-refractivity contribution in [2.45, 2.75) is 0 Å². The number of anilines is 3. The zero-order valence-electron chi connectivity index (χ0n) is 9.48. The van der Waals surface area contributed by atoms with Gasteiger partial charge in [0.05, 0.1) is 21.5 Å². The highest BCUT2D eigenvalue weighted by Gasteiger charge is 2.11. The fourth-order valence-corrected chi connectivity index (χ4v) is 2.21. The summed E-state index contributed by atoms with van der Waals surface area (Å²) in [7, 11) is 0. The molecule has 2 heterocycles. The summed E-state index contributed by atoms with van der Waals surface area (Å²) < 4.78 is 0.751. The van der Waals surface area contributed by atoms with E-state index in [1.54, 1.807) is 6.07 Å². The van der Waals surface area contributed by atoms with Gasteiger partial charge in [-0.3, -0.25) is 0 Å². The Hall–Kier alpha value is -1.86. The predicted molar refractivity (Wildman–Crippen MR) is 78.5 cm³/mol. The molecule has 6 nitrogen and oxygen atoms in total. The summed E-state index contributed by atoms with van der Waals surface area (Å²) in [6.07, 6.45) is 1.54. The molecule has 0 spiro atoms. The van der Waals surface area contributed by atoms with Crippen LogP contribution in [0.3, 0.4) is 0 Å². The van der Waals surface area contributed by atoms with Crippen LogP contribution in [0.25, 0.3) is 11.2 Å². The number of nitrogens with one attached hydrogen (secondary N) is 2. The van der Waals surface area contributed by atoms with E-state index in [1.165, 1.54) is 6.33 Å². The van der Waals surface area contributed by atoms with Crippen LogP contribution < -0.4 is 11.1 Å². The summed E-state index contributed by atoms with van der Waals surface area (Å²) in [6, 6.07) is 5.50. The van der Waals surface area contributed by atoms with Crippen molar-refractivity contribution in [3.63, 3.8) is 0 Å². The van der Waals surface area contributed by atoms with Crippen molar-refractivity contribution in [2.24, 2.45) is 0 Å². The van der Waals surface area contributed by atoms with Gasteiger partial charge in [0, 0.05) is 0 Å². The minimum atomic E-state index is 0.153. The van der Waals surface area contributed by atoms with E-state index in [-0.39, 0.29) is 5.95 Å². The summed E-state index contributed by atoms with van der Waals surface area (Å²) in [5.74, 6) is 0.697. The Bertz CT molecular complexity index is 756. The van der Waals surface area contributed by atoms with Gasteiger partial charge in [-0.1, -0.05) is 17.7 Å². The van der Waals surface area contributed by atoms with Gasteiger partial charge in [-0.2, -0.15) is 9.97 Å². The molecule has 0 atom stereocenters. The van der Waals surface area contributed by atoms with E-state index < -0.39 is 0 Å². The maximum absolute atomic E-state index is 6.04. The van der Waals surface area contributed by atoms with Crippen LogP contribution in [0.4, 0.5) is 17.5 Å². The molecule has 0 aliphatic carbocycles. The van der Waals surface area contributed by atoms with Crippen LogP contribution in [-0.2, 0) is 0 Å². The SMILES string of the molecule is Nc1nc(Nc2cccc(Cl)c2Br)c2[nH]cnc2n1. The smallest absolute Gasteiger partial charge is 0.224 e. The molecule has 8 heteroatoms. The third kappa shape index (κ3) is 2.22. The Morgan fingerprint density at radius 3 is 3.00 bits per heavy atom. The first-order valence-corrected chi connectivity index (χ1v) is 6.50. The first-order valence-electron chi connectivity index (χ1n) is 5.33. The summed E-state index contributed by atoms with van der Waals surface area (Å²) in [5, 5.41) is 3.75. The van der Waals surface area contributed by atoms with Crippen LogP contribution in [0.1, 0.15) is 0 Å². The van der Waals surface area contributed by atoms with E-state index in [4.69, 9.17) is 17.3 Å². The molecule has 0 fully saturated rings. The van der Waals surface area contributed by atoms with Gasteiger partial charge in [-0.25, -0.2) is 4.98 Å². The largest absolute Gasteiger partial charge is 0.368 e. The molecular weight excluding hydrogens is 332 g/mol. The standard InChI is InChI=1S/C11H8BrClN6/c12-7-5(13)2-1-3-6(7)17-10-8-9(16-4-15-8)18-11(14)19-10/h1-4H,(H4,14,15,16,17,18,19). The lowest BCUT2D eigenvalue weighted by Crippen LogP contribution is -2.01. The fraction of sp³-hybridized carbons (Fsp3) is 0. The van der Waals surface area contributed by atoms with Gasteiger partial charge in [-0.15, -0.1) is 0 Å². The molecule has 96 valence electrons. The first kappa shape index (κ1) is 12.2. The third-order valence-corrected chi connectivity index (χ3v) is 3.91. The molecule has 0 bridgehead atoms. The van der Waals surface area contributed by atoms with Crippen LogP contribution in [0.5, 0.6) is 0 Å². The first-order chi connectivity index (χ1) is 9.15. The topological polar surface area (TPSA) is 92.5 Å². The monoisotopic (exact) mass is 338 g/mol. The molecule has 0 radical (unpaired) electrons. The Balaban J connectivity index is 2.10. The lowest BCUT2D eigenvalue weighted by atomic mass is 10.3. The van der Waals surface area contributed by atoms with Crippen molar-refractivity contribution in [3.8, 4) is 0 Å². The van der Waals surface area contributed by atoms with Crippen LogP contribution >= 0.6 is 27.5 Å². The second-order valence-electron chi connectivity index (χ2n) is 3.76. The average Bonchev–Trinajstić information content (AvgIpc) is 2.83. The quantitative estimate of drug-likeness (QED) is 0.667. The van der Waals surface area contributed by atoms with E-state index in [2.05, 4.69) is 41.2 Å². The van der Waals surface area contributed by atoms with Gasteiger partial charge in [0.25, 0.3) is 0 Å². The minimum Gasteiger partial charge on any atom is -0.368 e. The number of hydrogen-bond donors (Lipinski definition) is 3. The van der Waals surface area contributed by atoms with Gasteiger partial charge in [0.15, 0.2) is 11.5 Å². The Labute approximate surface area is 121 Å². The molecule has 0 aliphatic heterocycles. The molecule has 0 saturated carbocycles. The number of rotatable bonds is 2. The highest BCUT2D eigenvalue weighted by molar-refractivity contribution is 9.10. The predicted octanol–water partition coefficient (Wildman–Crippen LogP) is 3.09. The average molecular weight is 340 g/mol. The third-order valence-electron chi connectivity index (χ3n) is 2.51. The maximum Gasteiger partial charge on any atom is 0.224 e. The molecule has 0 aliphatic rings. The normalized spacial score (nSPS) is 10.8. The number of hydrogen-bond acceptors (Lipinski definition) is 5. The Kier molecular flexibility index (Phi) is 3.00. The molecule has 2 aromatic heterocycles. The molecule has 1 aromatic carbocycles. The number of aromatic nitrogens is 4. The highest BCUT2D eigenvalue weighted by atomic mass is 79.9. The van der Waals surface area contributed by atoms with Crippen molar-refractivity contribution in [3.05, 3.63) is 34.0 Å². The zero-order chi connectivity index (χ0) is 13.4. The summed E-state index contributed by atoms with van der Waals surface area (Å²) >= 11 is 9.46. The second kappa shape index (κ2) is 4.67. The van der Waals surface area contributed by atoms with E-state index in [9.17, 15) is 0 Å². The van der Waals surface area contributed by atoms with E-state index in [0.717, 1.165) is 10.2 Å². The van der Waals surface area contributed by atoms with E-state index in [1.807, 2.05) is 12.1 Å². The molecule has 0 amide bonds. The van der Waals surface area contributed by atoms with Crippen molar-refractivity contribution in [1.82, 2.24) is 19.9 Å². The van der Waals surface area contributed by atoms with Gasteiger partial charge in [-0.05, 0) is 28.1 Å². The number of nitrogens with zero attached hydrogens (tertiary/aromatic N) is 3. The number of halogens is 2. The molecule has 0 saturated heterocycles. The number of nitrogens with two attached hydrogens (primary N) is 1. The maximum atomic E-state index is 6.04. The summed E-state index contributed by atoms with van der Waals surface area (Å²) in [6.45, 7) is 0. The van der Waals surface area contributed by atoms with Crippen molar-refractivity contribution in [1.29, 1.82) is 0 Å². The van der Waals surface area contributed by atoms with Crippen molar-refractivity contribution in [2.75, 3.05) is 11.1 Å². The Morgan fingerprint density at radius 1 is 1.32 bits per heavy atom. The minimum absolute atomic E-state index is 0.153. The van der Waals surface area contributed by atoms with Crippen LogP contribution in [0.2, 0.25) is 5.02 Å². The molecule has 0 unspecified atom stereocenters. The molecule has 4 N–H and O–H groups in total. The number of nitrogen functional groups attached to an aromatic ring is 1. The number of benzene rings is 1. The van der Waals surface area contributed by atoms with Crippen LogP contribution in [0.15, 0.2) is 29.0 Å². The van der Waals surface area contributed by atoms with Gasteiger partial charge in [0.1, 0.15) is 5.52 Å². The highest BCUT2D eigenvalue weighted by Crippen LogP contribution is 2.32. The van der Waals surface area contributed by atoms with Gasteiger partial charge >= 0.3 is 0 Å². The van der Waals surface area contributed by atoms with E-state index >= 15 is 0 Å². The molecular formula is C11H8BrClN6. The second-order valence-corrected chi connectivity index (χ2v) is 4.96. The number of imidazole rings is 1. The number of H-pyrrole nitrogens is 1. The van der Waals surface area contributed by atoms with E-state index in [0.29, 0.717) is 22.0 Å². The fourth-order valence-electron chi connectivity index (χ4n) is 1.67. The van der Waals surface area contributed by atoms with Crippen LogP contribution in [-0.4, -0.2) is 19.9 Å². The van der Waals surface area contributed by atoms with Crippen LogP contribution in [0, 0.1) is 0 Å². The molecule has 3 aromatic rings. The lowest BCUT2D eigenvalue weighted by Gasteiger charge is -2.09. The lowest BCUT2D eigenvalue weighted by molar-refractivity contribution is 1.21. The zero-order valence-corrected chi connectivity index (χ0v) is 11.8. The molecule has 19 heavy (non-hydrogen) atoms. The van der Waals surface area contributed by atoms with Crippen molar-refractivity contribution >= 4 is 56.1 Å². The summed E-state index contributed by atoms with van der Waals surface area (Å²) in [5.41, 5.74) is 7.62. The number of aromatic amines is 1. The Morgan fingerprint density at radius 2 is 2.16 bits per heavy atom. The van der Waals surface area contributed by atoms with Gasteiger partial charge in [0.2, 0.25) is 5.95 Å². The van der Waals surface area contributed by atoms with Gasteiger partial charge < -0.3 is 16.0 Å². The van der Waals surface area contributed by atoms with Crippen molar-refractivity contribution < 1.29 is 0 Å². The number of fused-ring (bicyclic) bond motifs is 1. The molecule has 3 rings (SSSR count). The summed E-state index contributed by atoms with van der Waals surface area (Å²) in [4.78, 5) is 15.2.